The van der Waals surface area contributed by atoms with Gasteiger partial charge in [-0.05, 0) is 40.2 Å². The van der Waals surface area contributed by atoms with Crippen LogP contribution in [0.4, 0.5) is 0 Å². The van der Waals surface area contributed by atoms with Crippen molar-refractivity contribution in [2.45, 2.75) is 4.21 Å². The fourth-order valence-electron chi connectivity index (χ4n) is 1.37. The molecule has 0 fully saturated rings. The first-order valence-corrected chi connectivity index (χ1v) is 8.65. The number of amides is 1. The Morgan fingerprint density at radius 1 is 1.30 bits per heavy atom. The Morgan fingerprint density at radius 3 is 2.70 bits per heavy atom. The Bertz CT molecular complexity index is 679. The molecule has 0 aliphatic carbocycles. The summed E-state index contributed by atoms with van der Waals surface area (Å²) in [5.74, 6) is -0.192. The quantitative estimate of drug-likeness (QED) is 0.750. The van der Waals surface area contributed by atoms with Crippen LogP contribution in [0, 0.1) is 0 Å². The van der Waals surface area contributed by atoms with Crippen molar-refractivity contribution in [1.82, 2.24) is 10.0 Å². The molecule has 0 saturated heterocycles. The lowest BCUT2D eigenvalue weighted by atomic mass is 10.4. The van der Waals surface area contributed by atoms with E-state index in [4.69, 9.17) is 4.42 Å². The van der Waals surface area contributed by atoms with Gasteiger partial charge in [-0.15, -0.1) is 11.3 Å². The monoisotopic (exact) mass is 378 g/mol. The van der Waals surface area contributed by atoms with Crippen LogP contribution in [0.15, 0.2) is 42.9 Å². The molecule has 0 aliphatic heterocycles. The van der Waals surface area contributed by atoms with Gasteiger partial charge < -0.3 is 9.73 Å². The van der Waals surface area contributed by atoms with Gasteiger partial charge in [-0.3, -0.25) is 4.79 Å². The van der Waals surface area contributed by atoms with Crippen LogP contribution < -0.4 is 10.0 Å². The van der Waals surface area contributed by atoms with E-state index >= 15 is 0 Å². The predicted molar refractivity (Wildman–Crippen MR) is 78.2 cm³/mol. The number of hydrogen-bond donors (Lipinski definition) is 2. The van der Waals surface area contributed by atoms with Crippen LogP contribution in [0.25, 0.3) is 0 Å². The van der Waals surface area contributed by atoms with Gasteiger partial charge >= 0.3 is 0 Å². The van der Waals surface area contributed by atoms with Gasteiger partial charge in [0.1, 0.15) is 4.21 Å². The maximum absolute atomic E-state index is 11.9. The standard InChI is InChI=1S/C11H11BrN2O4S2/c12-9-3-4-10(19-9)20(16,17)14-6-5-13-11(15)8-2-1-7-18-8/h1-4,7,14H,5-6H2,(H,13,15). The highest BCUT2D eigenvalue weighted by Gasteiger charge is 2.16. The summed E-state index contributed by atoms with van der Waals surface area (Å²) in [6.07, 6.45) is 1.40. The molecule has 2 heterocycles. The van der Waals surface area contributed by atoms with Gasteiger partial charge in [0.05, 0.1) is 10.0 Å². The van der Waals surface area contributed by atoms with Crippen LogP contribution in [0.2, 0.25) is 0 Å². The molecule has 0 atom stereocenters. The molecule has 0 aliphatic rings. The molecule has 0 unspecified atom stereocenters. The number of sulfonamides is 1. The Labute approximate surface area is 128 Å². The molecule has 0 radical (unpaired) electrons. The van der Waals surface area contributed by atoms with Crippen molar-refractivity contribution in [2.24, 2.45) is 0 Å². The average molecular weight is 379 g/mol. The predicted octanol–water partition coefficient (Wildman–Crippen LogP) is 1.81. The molecule has 2 aromatic heterocycles. The molecule has 0 spiro atoms. The van der Waals surface area contributed by atoms with Crippen molar-refractivity contribution in [3.63, 3.8) is 0 Å². The Balaban J connectivity index is 1.80. The van der Waals surface area contributed by atoms with Gasteiger partial charge in [-0.2, -0.15) is 0 Å². The van der Waals surface area contributed by atoms with Gasteiger partial charge in [0.25, 0.3) is 5.91 Å². The number of carbonyl (C=O) groups is 1. The maximum atomic E-state index is 11.9. The van der Waals surface area contributed by atoms with Crippen LogP contribution >= 0.6 is 27.3 Å². The molecule has 20 heavy (non-hydrogen) atoms. The molecule has 2 N–H and O–H groups in total. The summed E-state index contributed by atoms with van der Waals surface area (Å²) in [5, 5.41) is 2.55. The number of carbonyl (C=O) groups excluding carboxylic acids is 1. The van der Waals surface area contributed by atoms with E-state index in [2.05, 4.69) is 26.0 Å². The molecule has 1 amide bonds. The van der Waals surface area contributed by atoms with Crippen molar-refractivity contribution in [1.29, 1.82) is 0 Å². The normalized spacial score (nSPS) is 11.4. The highest BCUT2D eigenvalue weighted by atomic mass is 79.9. The van der Waals surface area contributed by atoms with Gasteiger partial charge in [0.2, 0.25) is 10.0 Å². The second-order valence-electron chi connectivity index (χ2n) is 3.69. The number of thiophene rings is 1. The second-order valence-corrected chi connectivity index (χ2v) is 8.15. The Morgan fingerprint density at radius 2 is 2.10 bits per heavy atom. The molecule has 6 nitrogen and oxygen atoms in total. The first kappa shape index (κ1) is 15.2. The van der Waals surface area contributed by atoms with Gasteiger partial charge in [-0.1, -0.05) is 0 Å². The molecule has 9 heteroatoms. The minimum absolute atomic E-state index is 0.101. The first-order valence-electron chi connectivity index (χ1n) is 5.56. The lowest BCUT2D eigenvalue weighted by Crippen LogP contribution is -2.34. The molecule has 108 valence electrons. The van der Waals surface area contributed by atoms with Crippen LogP contribution in [0.3, 0.4) is 0 Å². The molecule has 0 aromatic carbocycles. The summed E-state index contributed by atoms with van der Waals surface area (Å²) in [4.78, 5) is 11.5. The van der Waals surface area contributed by atoms with Gasteiger partial charge in [0, 0.05) is 13.1 Å². The third-order valence-corrected chi connectivity index (χ3v) is 5.84. The average Bonchev–Trinajstić information content (AvgIpc) is 3.05. The first-order chi connectivity index (χ1) is 9.49. The summed E-state index contributed by atoms with van der Waals surface area (Å²) in [5.41, 5.74) is 0. The van der Waals surface area contributed by atoms with Crippen molar-refractivity contribution in [3.8, 4) is 0 Å². The number of furan rings is 1. The zero-order valence-corrected chi connectivity index (χ0v) is 13.3. The van der Waals surface area contributed by atoms with E-state index < -0.39 is 10.0 Å². The molecular weight excluding hydrogens is 368 g/mol. The van der Waals surface area contributed by atoms with E-state index in [1.807, 2.05) is 0 Å². The van der Waals surface area contributed by atoms with Crippen LogP contribution in [0.1, 0.15) is 10.6 Å². The van der Waals surface area contributed by atoms with Crippen LogP contribution in [-0.4, -0.2) is 27.4 Å². The lowest BCUT2D eigenvalue weighted by Gasteiger charge is -2.05. The summed E-state index contributed by atoms with van der Waals surface area (Å²) in [6.45, 7) is 0.273. The van der Waals surface area contributed by atoms with Crippen molar-refractivity contribution < 1.29 is 17.6 Å². The van der Waals surface area contributed by atoms with Crippen LogP contribution in [-0.2, 0) is 10.0 Å². The zero-order chi connectivity index (χ0) is 14.6. The summed E-state index contributed by atoms with van der Waals surface area (Å²) < 4.78 is 32.0. The van der Waals surface area contributed by atoms with E-state index in [1.165, 1.54) is 18.4 Å². The lowest BCUT2D eigenvalue weighted by molar-refractivity contribution is 0.0926. The van der Waals surface area contributed by atoms with Crippen molar-refractivity contribution >= 4 is 43.2 Å². The van der Waals surface area contributed by atoms with Crippen LogP contribution in [0.5, 0.6) is 0 Å². The maximum Gasteiger partial charge on any atom is 0.287 e. The molecule has 2 aromatic rings. The topological polar surface area (TPSA) is 88.4 Å². The molecule has 0 bridgehead atoms. The van der Waals surface area contributed by atoms with E-state index in [9.17, 15) is 13.2 Å². The van der Waals surface area contributed by atoms with Gasteiger partial charge in [-0.25, -0.2) is 13.1 Å². The van der Waals surface area contributed by atoms with E-state index in [0.717, 1.165) is 15.1 Å². The Hall–Kier alpha value is -1.16. The minimum atomic E-state index is -3.53. The molecule has 0 saturated carbocycles. The SMILES string of the molecule is O=C(NCCNS(=O)(=O)c1ccc(Br)s1)c1ccco1. The number of halogens is 1. The largest absolute Gasteiger partial charge is 0.459 e. The van der Waals surface area contributed by atoms with E-state index in [1.54, 1.807) is 12.1 Å². The highest BCUT2D eigenvalue weighted by molar-refractivity contribution is 9.11. The summed E-state index contributed by atoms with van der Waals surface area (Å²) >= 11 is 4.33. The van der Waals surface area contributed by atoms with E-state index in [-0.39, 0.29) is 29.0 Å². The molecule has 2 rings (SSSR count). The van der Waals surface area contributed by atoms with Crippen molar-refractivity contribution in [2.75, 3.05) is 13.1 Å². The number of hydrogen-bond acceptors (Lipinski definition) is 5. The zero-order valence-electron chi connectivity index (χ0n) is 10.1. The third kappa shape index (κ3) is 3.92. The number of nitrogens with one attached hydrogen (secondary N) is 2. The smallest absolute Gasteiger partial charge is 0.287 e. The van der Waals surface area contributed by atoms with E-state index in [0.29, 0.717) is 0 Å². The summed E-state index contributed by atoms with van der Waals surface area (Å²) in [7, 11) is -3.53. The highest BCUT2D eigenvalue weighted by Crippen LogP contribution is 2.25. The second kappa shape index (κ2) is 6.53. The Kier molecular flexibility index (Phi) is 4.97. The van der Waals surface area contributed by atoms with Crippen molar-refractivity contribution in [3.05, 3.63) is 40.1 Å². The number of rotatable bonds is 6. The third-order valence-electron chi connectivity index (χ3n) is 2.26. The minimum Gasteiger partial charge on any atom is -0.459 e. The summed E-state index contributed by atoms with van der Waals surface area (Å²) in [6, 6.07) is 6.31. The fraction of sp³-hybridized carbons (Fsp3) is 0.182. The fourth-order valence-corrected chi connectivity index (χ4v) is 4.46. The molecular formula is C11H11BrN2O4S2. The van der Waals surface area contributed by atoms with Gasteiger partial charge in [0.15, 0.2) is 5.76 Å².